The minimum Gasteiger partial charge on any atom is -0.338 e. The Kier molecular flexibility index (Phi) is 6.08. The number of hydrogen-bond donors (Lipinski definition) is 2. The third-order valence-corrected chi connectivity index (χ3v) is 4.85. The summed E-state index contributed by atoms with van der Waals surface area (Å²) in [5, 5.41) is 18.4. The Bertz CT molecular complexity index is 900. The van der Waals surface area contributed by atoms with Crippen molar-refractivity contribution < 1.29 is 4.79 Å². The van der Waals surface area contributed by atoms with Crippen LogP contribution in [0.3, 0.4) is 0 Å². The monoisotopic (exact) mass is 381 g/mol. The van der Waals surface area contributed by atoms with Crippen LogP contribution in [0.25, 0.3) is 11.3 Å². The highest BCUT2D eigenvalue weighted by Gasteiger charge is 2.19. The summed E-state index contributed by atoms with van der Waals surface area (Å²) < 4.78 is 2.01. The van der Waals surface area contributed by atoms with Crippen molar-refractivity contribution in [1.82, 2.24) is 35.2 Å². The number of rotatable bonds is 7. The number of benzene rings is 1. The van der Waals surface area contributed by atoms with E-state index >= 15 is 0 Å². The van der Waals surface area contributed by atoms with Crippen LogP contribution in [-0.2, 0) is 6.42 Å². The predicted molar refractivity (Wildman–Crippen MR) is 108 cm³/mol. The molecule has 0 fully saturated rings. The number of carbonyl (C=O) groups is 1. The molecule has 0 aliphatic carbocycles. The van der Waals surface area contributed by atoms with Gasteiger partial charge in [-0.15, -0.1) is 10.2 Å². The van der Waals surface area contributed by atoms with Gasteiger partial charge in [0.25, 0.3) is 0 Å². The molecule has 2 N–H and O–H groups in total. The fraction of sp³-hybridized carbons (Fsp3) is 0.400. The lowest BCUT2D eigenvalue weighted by atomic mass is 10.1. The topological polar surface area (TPSA) is 91.7 Å². The minimum atomic E-state index is -0.140. The van der Waals surface area contributed by atoms with Crippen LogP contribution < -0.4 is 5.32 Å². The summed E-state index contributed by atoms with van der Waals surface area (Å²) in [6.07, 6.45) is 2.35. The van der Waals surface area contributed by atoms with Crippen molar-refractivity contribution in [3.05, 3.63) is 54.2 Å². The van der Waals surface area contributed by atoms with Crippen LogP contribution in [0.1, 0.15) is 44.4 Å². The van der Waals surface area contributed by atoms with Gasteiger partial charge in [0, 0.05) is 31.6 Å². The van der Waals surface area contributed by atoms with Crippen molar-refractivity contribution in [3.8, 4) is 11.3 Å². The number of nitrogens with one attached hydrogen (secondary N) is 2. The van der Waals surface area contributed by atoms with E-state index in [9.17, 15) is 4.79 Å². The lowest BCUT2D eigenvalue weighted by molar-refractivity contribution is 0.193. The Morgan fingerprint density at radius 2 is 2.00 bits per heavy atom. The first-order chi connectivity index (χ1) is 13.5. The second kappa shape index (κ2) is 8.69. The molecule has 0 saturated carbocycles. The number of aromatic amines is 1. The number of hydrogen-bond acceptors (Lipinski definition) is 4. The van der Waals surface area contributed by atoms with Crippen LogP contribution in [0.2, 0.25) is 0 Å². The lowest BCUT2D eigenvalue weighted by Gasteiger charge is -2.24. The zero-order valence-corrected chi connectivity index (χ0v) is 16.8. The SMILES string of the molecule is CC(C)n1cnnc1CCNC(=O)N(C)[C@H](C)c1cc(-c2ccccc2)n[nH]1. The minimum absolute atomic E-state index is 0.135. The molecule has 0 bridgehead atoms. The van der Waals surface area contributed by atoms with E-state index in [1.165, 1.54) is 0 Å². The van der Waals surface area contributed by atoms with Gasteiger partial charge in [-0.3, -0.25) is 5.10 Å². The van der Waals surface area contributed by atoms with E-state index in [0.29, 0.717) is 19.0 Å². The maximum absolute atomic E-state index is 12.5. The first-order valence-electron chi connectivity index (χ1n) is 9.47. The molecule has 0 radical (unpaired) electrons. The van der Waals surface area contributed by atoms with Crippen LogP contribution in [0, 0.1) is 0 Å². The number of carbonyl (C=O) groups excluding carboxylic acids is 1. The third-order valence-electron chi connectivity index (χ3n) is 4.85. The summed E-state index contributed by atoms with van der Waals surface area (Å²) in [6, 6.07) is 12.0. The van der Waals surface area contributed by atoms with Gasteiger partial charge in [-0.2, -0.15) is 5.10 Å². The summed E-state index contributed by atoms with van der Waals surface area (Å²) in [6.45, 7) is 6.63. The average Bonchev–Trinajstić information content (AvgIpc) is 3.37. The number of amides is 2. The molecule has 1 aromatic carbocycles. The number of aromatic nitrogens is 5. The molecule has 0 spiro atoms. The second-order valence-electron chi connectivity index (χ2n) is 7.09. The lowest BCUT2D eigenvalue weighted by Crippen LogP contribution is -2.39. The molecule has 0 aliphatic heterocycles. The van der Waals surface area contributed by atoms with E-state index in [0.717, 1.165) is 22.8 Å². The average molecular weight is 381 g/mol. The van der Waals surface area contributed by atoms with Crippen LogP contribution in [0.4, 0.5) is 4.79 Å². The molecular formula is C20H27N7O. The van der Waals surface area contributed by atoms with Gasteiger partial charge in [-0.1, -0.05) is 30.3 Å². The standard InChI is InChI=1S/C20H27N7O/c1-14(2)27-13-22-25-19(27)10-11-21-20(28)26(4)15(3)17-12-18(24-23-17)16-8-6-5-7-9-16/h5-9,12-15H,10-11H2,1-4H3,(H,21,28)(H,23,24)/t15-/m1/s1. The van der Waals surface area contributed by atoms with Crippen LogP contribution >= 0.6 is 0 Å². The molecule has 0 unspecified atom stereocenters. The molecule has 8 nitrogen and oxygen atoms in total. The number of nitrogens with zero attached hydrogens (tertiary/aromatic N) is 5. The Morgan fingerprint density at radius 1 is 1.25 bits per heavy atom. The van der Waals surface area contributed by atoms with E-state index in [2.05, 4.69) is 39.6 Å². The van der Waals surface area contributed by atoms with Gasteiger partial charge in [0.05, 0.1) is 17.4 Å². The molecule has 1 atom stereocenters. The van der Waals surface area contributed by atoms with Gasteiger partial charge in [-0.25, -0.2) is 4.79 Å². The highest BCUT2D eigenvalue weighted by molar-refractivity contribution is 5.74. The predicted octanol–water partition coefficient (Wildman–Crippen LogP) is 3.19. The molecule has 0 saturated heterocycles. The van der Waals surface area contributed by atoms with Crippen molar-refractivity contribution in [2.75, 3.05) is 13.6 Å². The molecule has 28 heavy (non-hydrogen) atoms. The van der Waals surface area contributed by atoms with Crippen LogP contribution in [-0.4, -0.2) is 49.5 Å². The zero-order chi connectivity index (χ0) is 20.1. The van der Waals surface area contributed by atoms with Gasteiger partial charge in [0.2, 0.25) is 0 Å². The highest BCUT2D eigenvalue weighted by Crippen LogP contribution is 2.23. The molecule has 3 rings (SSSR count). The van der Waals surface area contributed by atoms with E-state index in [1.807, 2.05) is 47.9 Å². The molecule has 2 amide bonds. The van der Waals surface area contributed by atoms with Crippen molar-refractivity contribution in [2.24, 2.45) is 0 Å². The number of urea groups is 1. The Morgan fingerprint density at radius 3 is 2.71 bits per heavy atom. The number of H-pyrrole nitrogens is 1. The van der Waals surface area contributed by atoms with Gasteiger partial charge in [-0.05, 0) is 26.8 Å². The molecule has 8 heteroatoms. The van der Waals surface area contributed by atoms with Crippen LogP contribution in [0.5, 0.6) is 0 Å². The first kappa shape index (κ1) is 19.6. The normalized spacial score (nSPS) is 12.2. The second-order valence-corrected chi connectivity index (χ2v) is 7.09. The molecule has 3 aromatic rings. The Labute approximate surface area is 165 Å². The zero-order valence-electron chi connectivity index (χ0n) is 16.8. The molecule has 148 valence electrons. The summed E-state index contributed by atoms with van der Waals surface area (Å²) in [5.41, 5.74) is 2.79. The van der Waals surface area contributed by atoms with Crippen LogP contribution in [0.15, 0.2) is 42.7 Å². The van der Waals surface area contributed by atoms with Gasteiger partial charge < -0.3 is 14.8 Å². The highest BCUT2D eigenvalue weighted by atomic mass is 16.2. The maximum Gasteiger partial charge on any atom is 0.317 e. The van der Waals surface area contributed by atoms with Gasteiger partial charge in [0.1, 0.15) is 12.2 Å². The van der Waals surface area contributed by atoms with Crippen molar-refractivity contribution in [1.29, 1.82) is 0 Å². The largest absolute Gasteiger partial charge is 0.338 e. The molecular weight excluding hydrogens is 354 g/mol. The maximum atomic E-state index is 12.5. The summed E-state index contributed by atoms with van der Waals surface area (Å²) in [4.78, 5) is 14.2. The quantitative estimate of drug-likeness (QED) is 0.657. The fourth-order valence-electron chi connectivity index (χ4n) is 2.97. The van der Waals surface area contributed by atoms with Crippen molar-refractivity contribution in [2.45, 2.75) is 39.3 Å². The summed E-state index contributed by atoms with van der Waals surface area (Å²) >= 11 is 0. The van der Waals surface area contributed by atoms with Gasteiger partial charge in [0.15, 0.2) is 0 Å². The Hall–Kier alpha value is -3.16. The third kappa shape index (κ3) is 4.39. The molecule has 2 heterocycles. The van der Waals surface area contributed by atoms with Gasteiger partial charge >= 0.3 is 6.03 Å². The molecule has 2 aromatic heterocycles. The molecule has 0 aliphatic rings. The van der Waals surface area contributed by atoms with E-state index < -0.39 is 0 Å². The van der Waals surface area contributed by atoms with E-state index in [-0.39, 0.29) is 12.1 Å². The van der Waals surface area contributed by atoms with E-state index in [4.69, 9.17) is 0 Å². The van der Waals surface area contributed by atoms with Crippen molar-refractivity contribution >= 4 is 6.03 Å². The van der Waals surface area contributed by atoms with E-state index in [1.54, 1.807) is 18.3 Å². The first-order valence-corrected chi connectivity index (χ1v) is 9.47. The fourth-order valence-corrected chi connectivity index (χ4v) is 2.97. The summed E-state index contributed by atoms with van der Waals surface area (Å²) in [7, 11) is 1.78. The Balaban J connectivity index is 1.56. The summed E-state index contributed by atoms with van der Waals surface area (Å²) in [5.74, 6) is 0.868. The smallest absolute Gasteiger partial charge is 0.317 e. The van der Waals surface area contributed by atoms with Crippen molar-refractivity contribution in [3.63, 3.8) is 0 Å².